The van der Waals surface area contributed by atoms with Crippen LogP contribution in [0.4, 0.5) is 13.2 Å². The normalized spacial score (nSPS) is 16.9. The van der Waals surface area contributed by atoms with Gasteiger partial charge in [0.25, 0.3) is 0 Å². The van der Waals surface area contributed by atoms with Gasteiger partial charge in [0.05, 0.1) is 10.5 Å². The third-order valence-corrected chi connectivity index (χ3v) is 7.05. The lowest BCUT2D eigenvalue weighted by atomic mass is 10.1. The lowest BCUT2D eigenvalue weighted by molar-refractivity contribution is -0.137. The summed E-state index contributed by atoms with van der Waals surface area (Å²) in [5.74, 6) is -0.132. The van der Waals surface area contributed by atoms with E-state index in [-0.39, 0.29) is 17.2 Å². The number of nitrogens with zero attached hydrogens (tertiary/aromatic N) is 2. The molecule has 1 aliphatic rings. The summed E-state index contributed by atoms with van der Waals surface area (Å²) in [6.07, 6.45) is -3.75. The molecule has 2 aromatic rings. The Morgan fingerprint density at radius 3 is 2.13 bits per heavy atom. The van der Waals surface area contributed by atoms with E-state index in [1.165, 1.54) is 47.6 Å². The third-order valence-electron chi connectivity index (χ3n) is 5.13. The monoisotopic (exact) mass is 440 g/mol. The summed E-state index contributed by atoms with van der Waals surface area (Å²) in [5, 5.41) is 0. The van der Waals surface area contributed by atoms with E-state index < -0.39 is 21.8 Å². The minimum atomic E-state index is -4.36. The van der Waals surface area contributed by atoms with Crippen molar-refractivity contribution in [2.45, 2.75) is 31.0 Å². The Hall–Kier alpha value is -2.23. The van der Waals surface area contributed by atoms with Crippen molar-refractivity contribution in [2.24, 2.45) is 0 Å². The first-order valence-electron chi connectivity index (χ1n) is 9.57. The molecule has 0 aliphatic carbocycles. The van der Waals surface area contributed by atoms with Crippen molar-refractivity contribution in [3.8, 4) is 0 Å². The predicted octanol–water partition coefficient (Wildman–Crippen LogP) is 3.80. The Morgan fingerprint density at radius 1 is 0.933 bits per heavy atom. The number of hydrogen-bond acceptors (Lipinski definition) is 4. The summed E-state index contributed by atoms with van der Waals surface area (Å²) >= 11 is 0. The number of sulfonamides is 1. The van der Waals surface area contributed by atoms with Crippen LogP contribution < -0.4 is 0 Å². The second kappa shape index (κ2) is 8.87. The molecule has 5 nitrogen and oxygen atoms in total. The van der Waals surface area contributed by atoms with Crippen LogP contribution in [0.25, 0.3) is 0 Å². The van der Waals surface area contributed by atoms with Gasteiger partial charge in [-0.3, -0.25) is 9.69 Å². The van der Waals surface area contributed by atoms with E-state index in [9.17, 15) is 26.4 Å². The number of rotatable bonds is 5. The van der Waals surface area contributed by atoms with Crippen molar-refractivity contribution >= 4 is 15.8 Å². The molecule has 162 valence electrons. The predicted molar refractivity (Wildman–Crippen MR) is 107 cm³/mol. The highest BCUT2D eigenvalue weighted by Gasteiger charge is 2.30. The molecule has 30 heavy (non-hydrogen) atoms. The van der Waals surface area contributed by atoms with Gasteiger partial charge < -0.3 is 0 Å². The lowest BCUT2D eigenvalue weighted by Gasteiger charge is -2.22. The second-order valence-electron chi connectivity index (χ2n) is 7.31. The maximum absolute atomic E-state index is 12.9. The molecule has 0 radical (unpaired) electrons. The van der Waals surface area contributed by atoms with E-state index in [1.807, 2.05) is 4.90 Å². The third kappa shape index (κ3) is 5.27. The zero-order valence-corrected chi connectivity index (χ0v) is 17.3. The number of halogens is 3. The molecule has 0 spiro atoms. The largest absolute Gasteiger partial charge is 0.416 e. The first kappa shape index (κ1) is 22.5. The zero-order chi connectivity index (χ0) is 21.9. The van der Waals surface area contributed by atoms with Crippen LogP contribution in [0.1, 0.15) is 34.8 Å². The second-order valence-corrected chi connectivity index (χ2v) is 9.25. The van der Waals surface area contributed by atoms with Crippen LogP contribution >= 0.6 is 0 Å². The lowest BCUT2D eigenvalue weighted by Crippen LogP contribution is -2.35. The molecule has 3 rings (SSSR count). The molecule has 9 heteroatoms. The van der Waals surface area contributed by atoms with Gasteiger partial charge in [-0.1, -0.05) is 24.3 Å². The molecule has 0 N–H and O–H groups in total. The molecule has 2 aromatic carbocycles. The van der Waals surface area contributed by atoms with Gasteiger partial charge in [-0.25, -0.2) is 8.42 Å². The van der Waals surface area contributed by atoms with Gasteiger partial charge >= 0.3 is 6.18 Å². The van der Waals surface area contributed by atoms with Crippen molar-refractivity contribution in [1.82, 2.24) is 9.21 Å². The number of benzene rings is 2. The summed E-state index contributed by atoms with van der Waals surface area (Å²) in [6, 6.07) is 10.9. The molecule has 0 aromatic heterocycles. The van der Waals surface area contributed by atoms with Crippen molar-refractivity contribution in [1.29, 1.82) is 0 Å². The average molecular weight is 440 g/mol. The fourth-order valence-corrected chi connectivity index (χ4v) is 4.88. The fourth-order valence-electron chi connectivity index (χ4n) is 3.41. The SMILES string of the molecule is CC(=O)c1ccc(S(=O)(=O)N2CCCN(Cc3ccc(C(F)(F)F)cc3)CC2)cc1. The highest BCUT2D eigenvalue weighted by molar-refractivity contribution is 7.89. The van der Waals surface area contributed by atoms with Gasteiger partial charge in [-0.05, 0) is 49.7 Å². The quantitative estimate of drug-likeness (QED) is 0.664. The van der Waals surface area contributed by atoms with Crippen LogP contribution in [0, 0.1) is 0 Å². The Kier molecular flexibility index (Phi) is 6.64. The summed E-state index contributed by atoms with van der Waals surface area (Å²) in [4.78, 5) is 13.6. The molecule has 0 saturated carbocycles. The Labute approximate surface area is 174 Å². The summed E-state index contributed by atoms with van der Waals surface area (Å²) in [5.41, 5.74) is 0.516. The van der Waals surface area contributed by atoms with Crippen molar-refractivity contribution in [3.63, 3.8) is 0 Å². The molecular weight excluding hydrogens is 417 g/mol. The summed E-state index contributed by atoms with van der Waals surface area (Å²) in [6.45, 7) is 3.66. The minimum Gasteiger partial charge on any atom is -0.298 e. The standard InChI is InChI=1S/C21H23F3N2O3S/c1-16(27)18-5-9-20(10-6-18)30(28,29)26-12-2-11-25(13-14-26)15-17-3-7-19(8-4-17)21(22,23)24/h3-10H,2,11-15H2,1H3. The molecular formula is C21H23F3N2O3S. The molecule has 1 saturated heterocycles. The first-order chi connectivity index (χ1) is 14.1. The topological polar surface area (TPSA) is 57.7 Å². The zero-order valence-electron chi connectivity index (χ0n) is 16.5. The van der Waals surface area contributed by atoms with Gasteiger partial charge in [-0.2, -0.15) is 17.5 Å². The highest BCUT2D eigenvalue weighted by Crippen LogP contribution is 2.29. The first-order valence-corrected chi connectivity index (χ1v) is 11.0. The van der Waals surface area contributed by atoms with E-state index in [4.69, 9.17) is 0 Å². The number of hydrogen-bond donors (Lipinski definition) is 0. The Morgan fingerprint density at radius 2 is 1.57 bits per heavy atom. The fraction of sp³-hybridized carbons (Fsp3) is 0.381. The van der Waals surface area contributed by atoms with Crippen LogP contribution in [0.5, 0.6) is 0 Å². The van der Waals surface area contributed by atoms with Gasteiger partial charge in [0.1, 0.15) is 0 Å². The maximum atomic E-state index is 12.9. The summed E-state index contributed by atoms with van der Waals surface area (Å²) < 4.78 is 65.4. The van der Waals surface area contributed by atoms with Crippen LogP contribution in [0.3, 0.4) is 0 Å². The molecule has 0 bridgehead atoms. The number of Topliss-reactive ketones (excluding diaryl/α,β-unsaturated/α-hetero) is 1. The van der Waals surface area contributed by atoms with Crippen LogP contribution in [0.15, 0.2) is 53.4 Å². The minimum absolute atomic E-state index is 0.132. The van der Waals surface area contributed by atoms with E-state index in [0.29, 0.717) is 38.2 Å². The average Bonchev–Trinajstić information content (AvgIpc) is 2.94. The number of carbonyl (C=O) groups is 1. The summed E-state index contributed by atoms with van der Waals surface area (Å²) in [7, 11) is -3.68. The molecule has 1 fully saturated rings. The van der Waals surface area contributed by atoms with Crippen molar-refractivity contribution in [2.75, 3.05) is 26.2 Å². The van der Waals surface area contributed by atoms with E-state index in [0.717, 1.165) is 17.7 Å². The number of carbonyl (C=O) groups excluding carboxylic acids is 1. The van der Waals surface area contributed by atoms with Crippen LogP contribution in [-0.2, 0) is 22.7 Å². The van der Waals surface area contributed by atoms with Crippen molar-refractivity contribution < 1.29 is 26.4 Å². The van der Waals surface area contributed by atoms with E-state index in [2.05, 4.69) is 0 Å². The van der Waals surface area contributed by atoms with Crippen molar-refractivity contribution in [3.05, 3.63) is 65.2 Å². The molecule has 1 heterocycles. The van der Waals surface area contributed by atoms with E-state index in [1.54, 1.807) is 0 Å². The number of alkyl halides is 3. The van der Waals surface area contributed by atoms with Gasteiger partial charge in [-0.15, -0.1) is 0 Å². The Balaban J connectivity index is 1.64. The molecule has 0 unspecified atom stereocenters. The molecule has 0 atom stereocenters. The van der Waals surface area contributed by atoms with Crippen LogP contribution in [0.2, 0.25) is 0 Å². The molecule has 1 aliphatic heterocycles. The van der Waals surface area contributed by atoms with Crippen LogP contribution in [-0.4, -0.2) is 49.6 Å². The highest BCUT2D eigenvalue weighted by atomic mass is 32.2. The smallest absolute Gasteiger partial charge is 0.298 e. The Bertz CT molecular complexity index is 988. The van der Waals surface area contributed by atoms with E-state index >= 15 is 0 Å². The van der Waals surface area contributed by atoms with Gasteiger partial charge in [0.2, 0.25) is 10.0 Å². The maximum Gasteiger partial charge on any atom is 0.416 e. The van der Waals surface area contributed by atoms with Gasteiger partial charge in [0, 0.05) is 31.7 Å². The number of ketones is 1. The van der Waals surface area contributed by atoms with Gasteiger partial charge in [0.15, 0.2) is 5.78 Å². The molecule has 0 amide bonds.